The maximum atomic E-state index is 10.4. The highest BCUT2D eigenvalue weighted by Gasteiger charge is 2.02. The molecular formula is C18H20ClNO3. The predicted molar refractivity (Wildman–Crippen MR) is 85.2 cm³/mol. The normalized spacial score (nSPS) is 10.4. The number of carboxylic acid groups (broad SMARTS) is 1. The summed E-state index contributed by atoms with van der Waals surface area (Å²) in [5.41, 5.74) is 2.12. The van der Waals surface area contributed by atoms with Crippen LogP contribution in [0.2, 0.25) is 0 Å². The van der Waals surface area contributed by atoms with Crippen molar-refractivity contribution in [3.05, 3.63) is 59.9 Å². The first-order chi connectivity index (χ1) is 10.6. The van der Waals surface area contributed by atoms with E-state index in [-0.39, 0.29) is 24.6 Å². The second kappa shape index (κ2) is 9.64. The van der Waals surface area contributed by atoms with Gasteiger partial charge in [0.25, 0.3) is 0 Å². The van der Waals surface area contributed by atoms with Crippen molar-refractivity contribution in [3.63, 3.8) is 0 Å². The lowest BCUT2D eigenvalue weighted by atomic mass is 10.1. The van der Waals surface area contributed by atoms with E-state index in [1.54, 1.807) is 12.1 Å². The molecule has 1 aromatic heterocycles. The van der Waals surface area contributed by atoms with Crippen LogP contribution in [-0.4, -0.2) is 16.2 Å². The van der Waals surface area contributed by atoms with Crippen LogP contribution >= 0.6 is 0 Å². The lowest BCUT2D eigenvalue weighted by Crippen LogP contribution is -3.00. The molecule has 0 amide bonds. The summed E-state index contributed by atoms with van der Waals surface area (Å²) < 4.78 is 2.06. The number of phenolic OH excluding ortho intramolecular Hbond substituents is 1. The smallest absolute Gasteiger partial charge is 0.303 e. The van der Waals surface area contributed by atoms with Gasteiger partial charge in [-0.15, -0.1) is 0 Å². The number of rotatable bonds is 7. The Morgan fingerprint density at radius 2 is 1.52 bits per heavy atom. The Hall–Kier alpha value is -2.33. The minimum Gasteiger partial charge on any atom is -1.00 e. The van der Waals surface area contributed by atoms with Crippen LogP contribution in [-0.2, 0) is 11.3 Å². The summed E-state index contributed by atoms with van der Waals surface area (Å²) in [5, 5.41) is 17.8. The van der Waals surface area contributed by atoms with Gasteiger partial charge in [0, 0.05) is 25.0 Å². The van der Waals surface area contributed by atoms with Crippen molar-refractivity contribution in [1.82, 2.24) is 0 Å². The minimum absolute atomic E-state index is 0. The van der Waals surface area contributed by atoms with Gasteiger partial charge in [0.1, 0.15) is 12.3 Å². The summed E-state index contributed by atoms with van der Waals surface area (Å²) in [5.74, 6) is -0.472. The Bertz CT molecular complexity index is 636. The standard InChI is InChI=1S/C18H19NO3.ClH/c20-17-8-6-15(7-9-17)4-5-16-10-13-19(14-11-16)12-2-1-3-18(21)22;/h4-11,13-14H,1-3,12H2,(H,21,22);1H. The predicted octanol–water partition coefficient (Wildman–Crippen LogP) is 0.109. The fourth-order valence-corrected chi connectivity index (χ4v) is 2.08. The minimum atomic E-state index is -0.736. The number of pyridine rings is 1. The van der Waals surface area contributed by atoms with E-state index in [2.05, 4.69) is 4.57 Å². The van der Waals surface area contributed by atoms with Crippen molar-refractivity contribution >= 4 is 18.1 Å². The quantitative estimate of drug-likeness (QED) is 0.558. The number of carbonyl (C=O) groups is 1. The molecule has 0 aliphatic carbocycles. The average molecular weight is 334 g/mol. The first-order valence-electron chi connectivity index (χ1n) is 7.31. The molecular weight excluding hydrogens is 314 g/mol. The molecule has 0 saturated carbocycles. The van der Waals surface area contributed by atoms with Crippen LogP contribution in [0.15, 0.2) is 48.8 Å². The zero-order valence-electron chi connectivity index (χ0n) is 12.7. The Labute approximate surface area is 142 Å². The lowest BCUT2D eigenvalue weighted by Gasteiger charge is -1.98. The number of phenols is 1. The van der Waals surface area contributed by atoms with Gasteiger partial charge in [-0.25, -0.2) is 4.57 Å². The van der Waals surface area contributed by atoms with Gasteiger partial charge in [0.15, 0.2) is 12.4 Å². The highest BCUT2D eigenvalue weighted by atomic mass is 35.5. The van der Waals surface area contributed by atoms with Gasteiger partial charge in [0.05, 0.1) is 0 Å². The zero-order chi connectivity index (χ0) is 15.8. The molecule has 2 aromatic rings. The largest absolute Gasteiger partial charge is 1.00 e. The monoisotopic (exact) mass is 333 g/mol. The number of halogens is 1. The van der Waals surface area contributed by atoms with Crippen LogP contribution in [0.3, 0.4) is 0 Å². The molecule has 0 atom stereocenters. The molecule has 122 valence electrons. The highest BCUT2D eigenvalue weighted by molar-refractivity contribution is 5.69. The highest BCUT2D eigenvalue weighted by Crippen LogP contribution is 2.12. The van der Waals surface area contributed by atoms with Crippen molar-refractivity contribution in [3.8, 4) is 5.75 Å². The topological polar surface area (TPSA) is 61.4 Å². The Balaban J connectivity index is 0.00000264. The van der Waals surface area contributed by atoms with E-state index in [0.717, 1.165) is 24.1 Å². The van der Waals surface area contributed by atoms with Crippen molar-refractivity contribution < 1.29 is 32.0 Å². The molecule has 0 fully saturated rings. The third-order valence-electron chi connectivity index (χ3n) is 3.34. The maximum Gasteiger partial charge on any atom is 0.303 e. The van der Waals surface area contributed by atoms with Gasteiger partial charge >= 0.3 is 5.97 Å². The lowest BCUT2D eigenvalue weighted by molar-refractivity contribution is -0.697. The molecule has 0 saturated heterocycles. The molecule has 0 bridgehead atoms. The van der Waals surface area contributed by atoms with E-state index >= 15 is 0 Å². The van der Waals surface area contributed by atoms with Crippen LogP contribution in [0.4, 0.5) is 0 Å². The van der Waals surface area contributed by atoms with E-state index in [1.165, 1.54) is 0 Å². The van der Waals surface area contributed by atoms with Crippen molar-refractivity contribution in [2.75, 3.05) is 0 Å². The molecule has 23 heavy (non-hydrogen) atoms. The second-order valence-electron chi connectivity index (χ2n) is 5.15. The number of hydrogen-bond donors (Lipinski definition) is 2. The third kappa shape index (κ3) is 6.98. The number of aromatic nitrogens is 1. The molecule has 0 aliphatic heterocycles. The van der Waals surface area contributed by atoms with E-state index < -0.39 is 5.97 Å². The molecule has 4 nitrogen and oxygen atoms in total. The van der Waals surface area contributed by atoms with Crippen LogP contribution in [0.1, 0.15) is 30.4 Å². The molecule has 2 N–H and O–H groups in total. The molecule has 0 aliphatic rings. The van der Waals surface area contributed by atoms with Gasteiger partial charge in [-0.3, -0.25) is 4.79 Å². The summed E-state index contributed by atoms with van der Waals surface area (Å²) in [6, 6.07) is 11.1. The molecule has 0 spiro atoms. The maximum absolute atomic E-state index is 10.4. The van der Waals surface area contributed by atoms with E-state index in [9.17, 15) is 9.90 Å². The van der Waals surface area contributed by atoms with E-state index in [1.807, 2.05) is 48.8 Å². The van der Waals surface area contributed by atoms with Crippen LogP contribution < -0.4 is 17.0 Å². The second-order valence-corrected chi connectivity index (χ2v) is 5.15. The van der Waals surface area contributed by atoms with Crippen molar-refractivity contribution in [2.45, 2.75) is 25.8 Å². The summed E-state index contributed by atoms with van der Waals surface area (Å²) in [6.45, 7) is 0.829. The average Bonchev–Trinajstić information content (AvgIpc) is 2.52. The number of hydrogen-bond acceptors (Lipinski definition) is 2. The number of aliphatic carboxylic acids is 1. The molecule has 1 aromatic carbocycles. The molecule has 5 heteroatoms. The fourth-order valence-electron chi connectivity index (χ4n) is 2.08. The van der Waals surface area contributed by atoms with Gasteiger partial charge in [-0.05, 0) is 29.7 Å². The summed E-state index contributed by atoms with van der Waals surface area (Å²) >= 11 is 0. The van der Waals surface area contributed by atoms with Crippen LogP contribution in [0.25, 0.3) is 12.2 Å². The number of nitrogens with zero attached hydrogens (tertiary/aromatic N) is 1. The zero-order valence-corrected chi connectivity index (χ0v) is 13.5. The van der Waals surface area contributed by atoms with Gasteiger partial charge < -0.3 is 22.6 Å². The summed E-state index contributed by atoms with van der Waals surface area (Å²) in [7, 11) is 0. The summed E-state index contributed by atoms with van der Waals surface area (Å²) in [6.07, 6.45) is 9.79. The number of unbranched alkanes of at least 4 members (excludes halogenated alkanes) is 1. The molecule has 0 radical (unpaired) electrons. The number of aromatic hydroxyl groups is 1. The fraction of sp³-hybridized carbons (Fsp3) is 0.222. The number of carboxylic acids is 1. The molecule has 1 heterocycles. The van der Waals surface area contributed by atoms with Gasteiger partial charge in [0.2, 0.25) is 0 Å². The first kappa shape index (κ1) is 18.7. The van der Waals surface area contributed by atoms with Crippen LogP contribution in [0, 0.1) is 0 Å². The Morgan fingerprint density at radius 3 is 2.09 bits per heavy atom. The SMILES string of the molecule is O=C(O)CCCC[n+]1ccc(/C=C\c2ccc(O)cc2)cc1.[Cl-]. The first-order valence-corrected chi connectivity index (χ1v) is 7.31. The van der Waals surface area contributed by atoms with E-state index in [0.29, 0.717) is 6.42 Å². The Kier molecular flexibility index (Phi) is 7.84. The Morgan fingerprint density at radius 1 is 0.957 bits per heavy atom. The molecule has 2 rings (SSSR count). The van der Waals surface area contributed by atoms with Crippen LogP contribution in [0.5, 0.6) is 5.75 Å². The van der Waals surface area contributed by atoms with Gasteiger partial charge in [-0.1, -0.05) is 24.3 Å². The van der Waals surface area contributed by atoms with E-state index in [4.69, 9.17) is 5.11 Å². The third-order valence-corrected chi connectivity index (χ3v) is 3.34. The van der Waals surface area contributed by atoms with Crippen molar-refractivity contribution in [2.24, 2.45) is 0 Å². The van der Waals surface area contributed by atoms with Crippen molar-refractivity contribution in [1.29, 1.82) is 0 Å². The molecule has 0 unspecified atom stereocenters. The van der Waals surface area contributed by atoms with Gasteiger partial charge in [-0.2, -0.15) is 0 Å². The summed E-state index contributed by atoms with van der Waals surface area (Å²) in [4.78, 5) is 10.4. The number of aryl methyl sites for hydroxylation is 1. The number of benzene rings is 1.